The Balaban J connectivity index is 0.00000261. The van der Waals surface area contributed by atoms with Crippen LogP contribution in [0.2, 0.25) is 0 Å². The van der Waals surface area contributed by atoms with Crippen LogP contribution in [-0.2, 0) is 11.2 Å². The smallest absolute Gasteiger partial charge is 0.233 e. The van der Waals surface area contributed by atoms with Crippen molar-refractivity contribution in [3.8, 4) is 0 Å². The van der Waals surface area contributed by atoms with Gasteiger partial charge in [0, 0.05) is 13.1 Å². The van der Waals surface area contributed by atoms with Crippen molar-refractivity contribution in [2.75, 3.05) is 32.1 Å². The summed E-state index contributed by atoms with van der Waals surface area (Å²) in [5, 5.41) is 0.788. The van der Waals surface area contributed by atoms with Crippen LogP contribution >= 0.6 is 23.7 Å². The third-order valence-electron chi connectivity index (χ3n) is 4.57. The van der Waals surface area contributed by atoms with Crippen molar-refractivity contribution < 1.29 is 4.79 Å². The normalized spacial score (nSPS) is 10.9. The van der Waals surface area contributed by atoms with E-state index in [-0.39, 0.29) is 18.3 Å². The van der Waals surface area contributed by atoms with Crippen molar-refractivity contribution in [3.05, 3.63) is 59.2 Å². The molecule has 0 aliphatic heterocycles. The molecule has 2 aromatic carbocycles. The van der Waals surface area contributed by atoms with Crippen LogP contribution < -0.4 is 4.90 Å². The minimum absolute atomic E-state index is 0. The fraction of sp³-hybridized carbons (Fsp3) is 0.333. The number of anilines is 1. The van der Waals surface area contributed by atoms with Crippen molar-refractivity contribution in [1.29, 1.82) is 0 Å². The van der Waals surface area contributed by atoms with Crippen molar-refractivity contribution >= 4 is 45.0 Å². The number of carbonyl (C=O) groups excluding carboxylic acids is 1. The lowest BCUT2D eigenvalue weighted by atomic mass is 10.1. The quantitative estimate of drug-likeness (QED) is 0.609. The number of carbonyl (C=O) groups is 1. The van der Waals surface area contributed by atoms with E-state index in [0.717, 1.165) is 27.5 Å². The van der Waals surface area contributed by atoms with E-state index < -0.39 is 0 Å². The van der Waals surface area contributed by atoms with Gasteiger partial charge in [-0.15, -0.1) is 12.4 Å². The first-order valence-corrected chi connectivity index (χ1v) is 9.63. The van der Waals surface area contributed by atoms with Crippen LogP contribution in [0.25, 0.3) is 10.2 Å². The lowest BCUT2D eigenvalue weighted by Gasteiger charge is -2.22. The molecule has 6 heteroatoms. The number of hydrogen-bond donors (Lipinski definition) is 0. The molecule has 3 rings (SSSR count). The molecule has 0 spiro atoms. The number of halogens is 1. The third kappa shape index (κ3) is 5.06. The summed E-state index contributed by atoms with van der Waals surface area (Å²) in [5.74, 6) is 0.0893. The van der Waals surface area contributed by atoms with Crippen LogP contribution in [0.4, 0.5) is 5.13 Å². The van der Waals surface area contributed by atoms with Crippen LogP contribution in [0.1, 0.15) is 16.7 Å². The second kappa shape index (κ2) is 9.31. The fourth-order valence-corrected chi connectivity index (χ4v) is 3.89. The van der Waals surface area contributed by atoms with Crippen LogP contribution in [0.15, 0.2) is 42.5 Å². The maximum Gasteiger partial charge on any atom is 0.233 e. The summed E-state index contributed by atoms with van der Waals surface area (Å²) < 4.78 is 1.13. The third-order valence-corrected chi connectivity index (χ3v) is 5.62. The molecule has 0 aliphatic rings. The predicted octanol–water partition coefficient (Wildman–Crippen LogP) is 4.47. The number of aryl methyl sites for hydroxylation is 2. The molecule has 0 unspecified atom stereocenters. The monoisotopic (exact) mass is 403 g/mol. The second-order valence-electron chi connectivity index (χ2n) is 6.86. The summed E-state index contributed by atoms with van der Waals surface area (Å²) in [7, 11) is 4.04. The Hall–Kier alpha value is -1.95. The van der Waals surface area contributed by atoms with Gasteiger partial charge < -0.3 is 4.90 Å². The Labute approximate surface area is 171 Å². The molecule has 0 fully saturated rings. The molecule has 3 aromatic rings. The van der Waals surface area contributed by atoms with Crippen molar-refractivity contribution in [1.82, 2.24) is 9.88 Å². The van der Waals surface area contributed by atoms with E-state index in [9.17, 15) is 4.79 Å². The van der Waals surface area contributed by atoms with Gasteiger partial charge in [-0.2, -0.15) is 0 Å². The Morgan fingerprint density at radius 2 is 1.74 bits per heavy atom. The molecule has 0 radical (unpaired) electrons. The highest BCUT2D eigenvalue weighted by atomic mass is 35.5. The van der Waals surface area contributed by atoms with Gasteiger partial charge in [-0.05, 0) is 50.7 Å². The average Bonchev–Trinajstić information content (AvgIpc) is 3.04. The molecule has 4 nitrogen and oxygen atoms in total. The van der Waals surface area contributed by atoms with Crippen LogP contribution in [-0.4, -0.2) is 43.0 Å². The number of likely N-dealkylation sites (N-methyl/N-ethyl adjacent to an activating group) is 1. The molecule has 0 N–H and O–H groups in total. The molecule has 1 aromatic heterocycles. The van der Waals surface area contributed by atoms with Gasteiger partial charge in [-0.25, -0.2) is 4.98 Å². The Morgan fingerprint density at radius 3 is 2.41 bits per heavy atom. The number of benzene rings is 2. The first-order valence-electron chi connectivity index (χ1n) is 8.81. The Bertz CT molecular complexity index is 908. The standard InChI is InChI=1S/C21H25N3OS.ClH/c1-15-10-11-18-20(16(15)2)22-21(26-18)24(13-12-23(3)4)19(25)14-17-8-6-5-7-9-17;/h5-11H,12-14H2,1-4H3;1H. The topological polar surface area (TPSA) is 36.4 Å². The fourth-order valence-electron chi connectivity index (χ4n) is 2.82. The molecule has 0 bridgehead atoms. The summed E-state index contributed by atoms with van der Waals surface area (Å²) in [4.78, 5) is 21.8. The molecule has 0 saturated heterocycles. The second-order valence-corrected chi connectivity index (χ2v) is 7.87. The van der Waals surface area contributed by atoms with Gasteiger partial charge >= 0.3 is 0 Å². The van der Waals surface area contributed by atoms with E-state index in [1.807, 2.05) is 49.3 Å². The number of hydrogen-bond acceptors (Lipinski definition) is 4. The molecule has 1 amide bonds. The maximum absolute atomic E-state index is 13.0. The molecule has 0 saturated carbocycles. The van der Waals surface area contributed by atoms with Crippen molar-refractivity contribution in [2.24, 2.45) is 0 Å². The number of aromatic nitrogens is 1. The predicted molar refractivity (Wildman–Crippen MR) is 117 cm³/mol. The van der Waals surface area contributed by atoms with E-state index in [4.69, 9.17) is 4.98 Å². The summed E-state index contributed by atoms with van der Waals surface area (Å²) in [6.07, 6.45) is 0.391. The summed E-state index contributed by atoms with van der Waals surface area (Å²) in [5.41, 5.74) is 4.45. The van der Waals surface area contributed by atoms with Gasteiger partial charge in [-0.1, -0.05) is 47.7 Å². The largest absolute Gasteiger partial charge is 0.308 e. The van der Waals surface area contributed by atoms with Gasteiger partial charge in [0.05, 0.1) is 16.6 Å². The molecule has 0 aliphatic carbocycles. The molecular weight excluding hydrogens is 378 g/mol. The zero-order valence-electron chi connectivity index (χ0n) is 16.2. The summed E-state index contributed by atoms with van der Waals surface area (Å²) in [6.45, 7) is 5.63. The van der Waals surface area contributed by atoms with E-state index >= 15 is 0 Å². The van der Waals surface area contributed by atoms with Gasteiger partial charge in [0.25, 0.3) is 0 Å². The highest BCUT2D eigenvalue weighted by Crippen LogP contribution is 2.32. The Morgan fingerprint density at radius 1 is 1.04 bits per heavy atom. The number of rotatable bonds is 6. The lowest BCUT2D eigenvalue weighted by Crippen LogP contribution is -2.37. The number of amides is 1. The maximum atomic E-state index is 13.0. The van der Waals surface area contributed by atoms with Gasteiger partial charge in [0.1, 0.15) is 0 Å². The van der Waals surface area contributed by atoms with Gasteiger partial charge in [0.15, 0.2) is 5.13 Å². The highest BCUT2D eigenvalue weighted by molar-refractivity contribution is 7.22. The van der Waals surface area contributed by atoms with Crippen molar-refractivity contribution in [2.45, 2.75) is 20.3 Å². The average molecular weight is 404 g/mol. The minimum Gasteiger partial charge on any atom is -0.308 e. The summed E-state index contributed by atoms with van der Waals surface area (Å²) in [6, 6.07) is 14.1. The zero-order valence-corrected chi connectivity index (χ0v) is 17.9. The number of thiazole rings is 1. The minimum atomic E-state index is 0. The van der Waals surface area contributed by atoms with Crippen LogP contribution in [0.3, 0.4) is 0 Å². The van der Waals surface area contributed by atoms with Crippen LogP contribution in [0, 0.1) is 13.8 Å². The number of nitrogens with zero attached hydrogens (tertiary/aromatic N) is 3. The van der Waals surface area contributed by atoms with Gasteiger partial charge in [0.2, 0.25) is 5.91 Å². The first kappa shape index (κ1) is 21.4. The van der Waals surface area contributed by atoms with E-state index in [2.05, 4.69) is 30.9 Å². The molecule has 27 heavy (non-hydrogen) atoms. The zero-order chi connectivity index (χ0) is 18.7. The van der Waals surface area contributed by atoms with E-state index in [1.165, 1.54) is 11.1 Å². The van der Waals surface area contributed by atoms with Gasteiger partial charge in [-0.3, -0.25) is 9.69 Å². The lowest BCUT2D eigenvalue weighted by molar-refractivity contribution is -0.118. The first-order chi connectivity index (χ1) is 12.5. The SMILES string of the molecule is Cc1ccc2sc(N(CCN(C)C)C(=O)Cc3ccccc3)nc2c1C.Cl. The molecule has 1 heterocycles. The number of fused-ring (bicyclic) bond motifs is 1. The molecular formula is C21H26ClN3OS. The van der Waals surface area contributed by atoms with E-state index in [0.29, 0.717) is 13.0 Å². The molecule has 144 valence electrons. The van der Waals surface area contributed by atoms with E-state index in [1.54, 1.807) is 11.3 Å². The molecule has 0 atom stereocenters. The van der Waals surface area contributed by atoms with Crippen LogP contribution in [0.5, 0.6) is 0 Å². The van der Waals surface area contributed by atoms with Crippen molar-refractivity contribution in [3.63, 3.8) is 0 Å². The highest BCUT2D eigenvalue weighted by Gasteiger charge is 2.20. The summed E-state index contributed by atoms with van der Waals surface area (Å²) >= 11 is 1.59. The Kier molecular flexibility index (Phi) is 7.36.